The number of carbonyl (C=O) groups excluding carboxylic acids is 1. The second kappa shape index (κ2) is 7.96. The highest BCUT2D eigenvalue weighted by Gasteiger charge is 2.23. The van der Waals surface area contributed by atoms with Crippen LogP contribution in [0.15, 0.2) is 24.4 Å². The highest BCUT2D eigenvalue weighted by molar-refractivity contribution is 6.31. The number of hydrogen-bond acceptors (Lipinski definition) is 5. The van der Waals surface area contributed by atoms with Gasteiger partial charge in [0, 0.05) is 18.3 Å². The number of carbonyl (C=O) groups is 2. The van der Waals surface area contributed by atoms with Gasteiger partial charge in [-0.25, -0.2) is 9.48 Å². The van der Waals surface area contributed by atoms with Crippen molar-refractivity contribution >= 4 is 29.2 Å². The molecule has 152 valence electrons. The Morgan fingerprint density at radius 3 is 2.62 bits per heavy atom. The molecule has 29 heavy (non-hydrogen) atoms. The molecule has 2 N–H and O–H groups in total. The van der Waals surface area contributed by atoms with Gasteiger partial charge in [-0.05, 0) is 44.5 Å². The van der Waals surface area contributed by atoms with E-state index in [0.29, 0.717) is 27.8 Å². The number of hydrogen-bond donors (Lipinski definition) is 2. The topological polar surface area (TPSA) is 111 Å². The Balaban J connectivity index is 1.78. The number of amides is 1. The monoisotopic (exact) mass is 417 g/mol. The number of nitrogens with zero attached hydrogens (tertiary/aromatic N) is 4. The van der Waals surface area contributed by atoms with Gasteiger partial charge in [-0.3, -0.25) is 9.48 Å². The lowest BCUT2D eigenvalue weighted by Gasteiger charge is -2.10. The van der Waals surface area contributed by atoms with Crippen molar-refractivity contribution in [3.63, 3.8) is 0 Å². The van der Waals surface area contributed by atoms with Crippen LogP contribution in [-0.2, 0) is 13.8 Å². The van der Waals surface area contributed by atoms with E-state index in [9.17, 15) is 14.7 Å². The van der Waals surface area contributed by atoms with Crippen LogP contribution >= 0.6 is 11.6 Å². The molecule has 0 aliphatic carbocycles. The van der Waals surface area contributed by atoms with Gasteiger partial charge in [0.05, 0.1) is 22.6 Å². The van der Waals surface area contributed by atoms with Gasteiger partial charge in [0.2, 0.25) is 0 Å². The van der Waals surface area contributed by atoms with E-state index in [4.69, 9.17) is 16.3 Å². The van der Waals surface area contributed by atoms with Gasteiger partial charge >= 0.3 is 5.97 Å². The van der Waals surface area contributed by atoms with Crippen molar-refractivity contribution in [2.24, 2.45) is 7.05 Å². The minimum atomic E-state index is -1.27. The van der Waals surface area contributed by atoms with E-state index in [1.165, 1.54) is 10.9 Å². The minimum absolute atomic E-state index is 0.0283. The molecule has 2 aromatic heterocycles. The highest BCUT2D eigenvalue weighted by atomic mass is 35.5. The number of benzene rings is 1. The Hall–Kier alpha value is -3.33. The van der Waals surface area contributed by atoms with Crippen LogP contribution in [0.3, 0.4) is 0 Å². The smallest absolute Gasteiger partial charge is 0.357 e. The zero-order valence-electron chi connectivity index (χ0n) is 16.4. The number of aromatic carboxylic acids is 1. The van der Waals surface area contributed by atoms with Crippen molar-refractivity contribution in [2.75, 3.05) is 5.32 Å². The van der Waals surface area contributed by atoms with Crippen LogP contribution in [0, 0.1) is 20.8 Å². The minimum Gasteiger partial charge on any atom is -0.476 e. The maximum absolute atomic E-state index is 12.6. The summed E-state index contributed by atoms with van der Waals surface area (Å²) in [6.45, 7) is 5.55. The number of ether oxygens (including phenoxy) is 1. The summed E-state index contributed by atoms with van der Waals surface area (Å²) >= 11 is 6.02. The van der Waals surface area contributed by atoms with Crippen LogP contribution in [0.25, 0.3) is 0 Å². The largest absolute Gasteiger partial charge is 0.476 e. The SMILES string of the molecule is Cc1cc(OCn2nc(C)c(NC(=O)c3cn(C)nc3C(=O)O)c2C)ccc1Cl. The average Bonchev–Trinajstić information content (AvgIpc) is 3.18. The number of carboxylic acids is 1. The van der Waals surface area contributed by atoms with Crippen LogP contribution in [0.5, 0.6) is 5.75 Å². The zero-order valence-corrected chi connectivity index (χ0v) is 17.1. The van der Waals surface area contributed by atoms with E-state index < -0.39 is 11.9 Å². The molecule has 0 unspecified atom stereocenters. The Morgan fingerprint density at radius 2 is 1.97 bits per heavy atom. The Kier molecular flexibility index (Phi) is 5.60. The molecule has 3 rings (SSSR count). The molecule has 0 aliphatic heterocycles. The van der Waals surface area contributed by atoms with Crippen molar-refractivity contribution in [3.8, 4) is 5.75 Å². The van der Waals surface area contributed by atoms with Crippen LogP contribution in [-0.4, -0.2) is 36.5 Å². The first-order valence-corrected chi connectivity index (χ1v) is 9.06. The lowest BCUT2D eigenvalue weighted by atomic mass is 10.2. The average molecular weight is 418 g/mol. The van der Waals surface area contributed by atoms with Gasteiger partial charge in [-0.15, -0.1) is 0 Å². The fourth-order valence-electron chi connectivity index (χ4n) is 2.84. The molecule has 2 heterocycles. The first kappa shape index (κ1) is 20.4. The molecule has 1 amide bonds. The Labute approximate surface area is 171 Å². The molecular weight excluding hydrogens is 398 g/mol. The molecule has 0 saturated heterocycles. The summed E-state index contributed by atoms with van der Waals surface area (Å²) in [5.41, 5.74) is 2.30. The summed E-state index contributed by atoms with van der Waals surface area (Å²) in [5, 5.41) is 20.8. The van der Waals surface area contributed by atoms with E-state index in [0.717, 1.165) is 5.56 Å². The van der Waals surface area contributed by atoms with Crippen molar-refractivity contribution < 1.29 is 19.4 Å². The molecule has 0 aliphatic rings. The number of nitrogens with one attached hydrogen (secondary N) is 1. The summed E-state index contributed by atoms with van der Waals surface area (Å²) in [6.07, 6.45) is 1.36. The molecule has 0 saturated carbocycles. The summed E-state index contributed by atoms with van der Waals surface area (Å²) in [5.74, 6) is -1.20. The van der Waals surface area contributed by atoms with Crippen molar-refractivity contribution in [2.45, 2.75) is 27.5 Å². The molecule has 3 aromatic rings. The first-order valence-electron chi connectivity index (χ1n) is 8.68. The van der Waals surface area contributed by atoms with E-state index in [1.54, 1.807) is 37.7 Å². The molecule has 0 fully saturated rings. The highest BCUT2D eigenvalue weighted by Crippen LogP contribution is 2.24. The number of anilines is 1. The predicted molar refractivity (Wildman–Crippen MR) is 107 cm³/mol. The number of aromatic nitrogens is 4. The van der Waals surface area contributed by atoms with E-state index in [2.05, 4.69) is 15.5 Å². The van der Waals surface area contributed by atoms with E-state index in [-0.39, 0.29) is 18.0 Å². The second-order valence-electron chi connectivity index (χ2n) is 6.55. The van der Waals surface area contributed by atoms with E-state index >= 15 is 0 Å². The second-order valence-corrected chi connectivity index (χ2v) is 6.96. The fraction of sp³-hybridized carbons (Fsp3) is 0.263. The molecule has 0 radical (unpaired) electrons. The maximum Gasteiger partial charge on any atom is 0.357 e. The van der Waals surface area contributed by atoms with Crippen LogP contribution in [0.4, 0.5) is 5.69 Å². The van der Waals surface area contributed by atoms with Gasteiger partial charge in [0.15, 0.2) is 12.4 Å². The number of aryl methyl sites for hydroxylation is 3. The van der Waals surface area contributed by atoms with Gasteiger partial charge in [0.25, 0.3) is 5.91 Å². The molecule has 10 heteroatoms. The molecular formula is C19H20ClN5O4. The Bertz CT molecular complexity index is 1100. The molecule has 1 aromatic carbocycles. The lowest BCUT2D eigenvalue weighted by molar-refractivity contribution is 0.0685. The Morgan fingerprint density at radius 1 is 1.24 bits per heavy atom. The standard InChI is InChI=1S/C19H20ClN5O4/c1-10-7-13(5-6-15(10)20)29-9-25-12(3)16(11(2)22-25)21-18(26)14-8-24(4)23-17(14)19(27)28/h5-8H,9H2,1-4H3,(H,21,26)(H,27,28). The number of halogens is 1. The third kappa shape index (κ3) is 4.24. The van der Waals surface area contributed by atoms with Crippen molar-refractivity contribution in [3.05, 3.63) is 57.6 Å². The van der Waals surface area contributed by atoms with Gasteiger partial charge < -0.3 is 15.2 Å². The van der Waals surface area contributed by atoms with Crippen molar-refractivity contribution in [1.82, 2.24) is 19.6 Å². The van der Waals surface area contributed by atoms with Gasteiger partial charge in [0.1, 0.15) is 5.75 Å². The zero-order chi connectivity index (χ0) is 21.3. The van der Waals surface area contributed by atoms with Crippen LogP contribution < -0.4 is 10.1 Å². The quantitative estimate of drug-likeness (QED) is 0.637. The molecule has 0 atom stereocenters. The lowest BCUT2D eigenvalue weighted by Crippen LogP contribution is -2.16. The predicted octanol–water partition coefficient (Wildman–Crippen LogP) is 3.18. The molecule has 0 bridgehead atoms. The summed E-state index contributed by atoms with van der Waals surface area (Å²) in [6, 6.07) is 5.35. The summed E-state index contributed by atoms with van der Waals surface area (Å²) in [4.78, 5) is 23.9. The van der Waals surface area contributed by atoms with Crippen LogP contribution in [0.1, 0.15) is 37.8 Å². The van der Waals surface area contributed by atoms with E-state index in [1.807, 2.05) is 13.0 Å². The summed E-state index contributed by atoms with van der Waals surface area (Å²) < 4.78 is 8.65. The number of carboxylic acid groups (broad SMARTS) is 1. The third-order valence-corrected chi connectivity index (χ3v) is 4.80. The molecule has 0 spiro atoms. The third-order valence-electron chi connectivity index (χ3n) is 4.38. The van der Waals surface area contributed by atoms with Crippen molar-refractivity contribution in [1.29, 1.82) is 0 Å². The molecule has 9 nitrogen and oxygen atoms in total. The fourth-order valence-corrected chi connectivity index (χ4v) is 2.96. The summed E-state index contributed by atoms with van der Waals surface area (Å²) in [7, 11) is 1.55. The van der Waals surface area contributed by atoms with Gasteiger partial charge in [-0.2, -0.15) is 10.2 Å². The maximum atomic E-state index is 12.6. The normalized spacial score (nSPS) is 10.8. The van der Waals surface area contributed by atoms with Gasteiger partial charge in [-0.1, -0.05) is 11.6 Å². The number of rotatable bonds is 6. The first-order chi connectivity index (χ1) is 13.7. The van der Waals surface area contributed by atoms with Crippen LogP contribution in [0.2, 0.25) is 5.02 Å².